The fraction of sp³-hybridized carbons (Fsp3) is 0.353. The van der Waals surface area contributed by atoms with E-state index < -0.39 is 0 Å². The van der Waals surface area contributed by atoms with E-state index in [4.69, 9.17) is 10.5 Å². The summed E-state index contributed by atoms with van der Waals surface area (Å²) in [7, 11) is 0. The van der Waals surface area contributed by atoms with E-state index in [1.807, 2.05) is 24.3 Å². The molecular weight excluding hydrogens is 310 g/mol. The highest BCUT2D eigenvalue weighted by Crippen LogP contribution is 2.31. The Morgan fingerprint density at radius 2 is 2.04 bits per heavy atom. The molecular formula is C17H19N3O2S. The molecule has 0 spiro atoms. The van der Waals surface area contributed by atoms with Crippen LogP contribution in [0, 0.1) is 0 Å². The number of hydrogen-bond donors (Lipinski definition) is 3. The molecule has 0 unspecified atom stereocenters. The Morgan fingerprint density at radius 3 is 2.74 bits per heavy atom. The van der Waals surface area contributed by atoms with Crippen molar-refractivity contribution in [2.24, 2.45) is 0 Å². The highest BCUT2D eigenvalue weighted by molar-refractivity contribution is 7.15. The number of anilines is 1. The van der Waals surface area contributed by atoms with Crippen LogP contribution in [0.15, 0.2) is 36.4 Å². The molecule has 2 aliphatic rings. The maximum Gasteiger partial charge on any atom is 0.261 e. The van der Waals surface area contributed by atoms with Crippen LogP contribution in [-0.2, 0) is 0 Å². The van der Waals surface area contributed by atoms with Gasteiger partial charge in [0.2, 0.25) is 0 Å². The van der Waals surface area contributed by atoms with E-state index in [1.54, 1.807) is 12.1 Å². The van der Waals surface area contributed by atoms with E-state index in [0.717, 1.165) is 12.8 Å². The van der Waals surface area contributed by atoms with Crippen LogP contribution < -0.4 is 21.1 Å². The molecule has 3 atom stereocenters. The van der Waals surface area contributed by atoms with Gasteiger partial charge < -0.3 is 21.1 Å². The second kappa shape index (κ2) is 5.86. The first-order valence-electron chi connectivity index (χ1n) is 7.87. The number of nitrogens with one attached hydrogen (secondary N) is 2. The Kier molecular flexibility index (Phi) is 3.71. The lowest BCUT2D eigenvalue weighted by atomic mass is 9.95. The van der Waals surface area contributed by atoms with Gasteiger partial charge in [0.15, 0.2) is 5.06 Å². The second-order valence-corrected chi connectivity index (χ2v) is 7.20. The molecule has 2 fully saturated rings. The molecule has 1 aromatic carbocycles. The van der Waals surface area contributed by atoms with E-state index in [-0.39, 0.29) is 11.9 Å². The van der Waals surface area contributed by atoms with Crippen LogP contribution in [0.25, 0.3) is 0 Å². The fourth-order valence-electron chi connectivity index (χ4n) is 3.37. The summed E-state index contributed by atoms with van der Waals surface area (Å²) >= 11 is 1.36. The topological polar surface area (TPSA) is 76.4 Å². The highest BCUT2D eigenvalue weighted by atomic mass is 32.1. The molecule has 3 heterocycles. The number of nitrogens with two attached hydrogens (primary N) is 1. The first-order valence-corrected chi connectivity index (χ1v) is 8.69. The van der Waals surface area contributed by atoms with Gasteiger partial charge in [-0.1, -0.05) is 11.3 Å². The zero-order chi connectivity index (χ0) is 15.8. The van der Waals surface area contributed by atoms with Crippen molar-refractivity contribution in [3.05, 3.63) is 41.3 Å². The summed E-state index contributed by atoms with van der Waals surface area (Å²) in [6.07, 6.45) is 3.43. The number of rotatable bonds is 4. The van der Waals surface area contributed by atoms with Crippen LogP contribution in [0.1, 0.15) is 28.9 Å². The SMILES string of the molecule is Nc1ccc(Oc2ccc(C(=O)N[C@@H]3C[C@H]4CC[C@@H]3N4)s2)cc1. The molecule has 2 saturated heterocycles. The van der Waals surface area contributed by atoms with Crippen molar-refractivity contribution >= 4 is 22.9 Å². The van der Waals surface area contributed by atoms with Crippen LogP contribution in [0.5, 0.6) is 10.8 Å². The number of thiophene rings is 1. The molecule has 0 saturated carbocycles. The summed E-state index contributed by atoms with van der Waals surface area (Å²) in [5.74, 6) is 0.701. The molecule has 0 aliphatic carbocycles. The van der Waals surface area contributed by atoms with Gasteiger partial charge in [-0.2, -0.15) is 0 Å². The summed E-state index contributed by atoms with van der Waals surface area (Å²) in [6.45, 7) is 0. The third-order valence-electron chi connectivity index (χ3n) is 4.52. The minimum Gasteiger partial charge on any atom is -0.447 e. The standard InChI is InChI=1S/C17H19N3O2S/c18-10-1-4-12(5-2-10)22-16-8-7-15(23-16)17(21)20-14-9-11-3-6-13(14)19-11/h1-2,4-5,7-8,11,13-14,19H,3,6,9,18H2,(H,20,21)/t11-,13+,14-/m1/s1. The monoisotopic (exact) mass is 329 g/mol. The number of ether oxygens (including phenoxy) is 1. The van der Waals surface area contributed by atoms with Gasteiger partial charge in [0.1, 0.15) is 5.75 Å². The first-order chi connectivity index (χ1) is 11.2. The Balaban J connectivity index is 1.39. The molecule has 2 aliphatic heterocycles. The first kappa shape index (κ1) is 14.5. The zero-order valence-electron chi connectivity index (χ0n) is 12.6. The summed E-state index contributed by atoms with van der Waals surface area (Å²) in [5.41, 5.74) is 6.35. The van der Waals surface area contributed by atoms with Crippen molar-refractivity contribution in [1.29, 1.82) is 0 Å². The molecule has 0 radical (unpaired) electrons. The Hall–Kier alpha value is -2.05. The van der Waals surface area contributed by atoms with Crippen molar-refractivity contribution in [1.82, 2.24) is 10.6 Å². The minimum atomic E-state index is -0.0125. The van der Waals surface area contributed by atoms with Crippen molar-refractivity contribution < 1.29 is 9.53 Å². The quantitative estimate of drug-likeness (QED) is 0.754. The zero-order valence-corrected chi connectivity index (χ0v) is 13.4. The normalized spacial score (nSPS) is 25.5. The van der Waals surface area contributed by atoms with Gasteiger partial charge >= 0.3 is 0 Å². The van der Waals surface area contributed by atoms with Crippen molar-refractivity contribution in [2.75, 3.05) is 5.73 Å². The molecule has 5 nitrogen and oxygen atoms in total. The molecule has 1 aromatic heterocycles. The van der Waals surface area contributed by atoms with Crippen LogP contribution in [0.2, 0.25) is 0 Å². The van der Waals surface area contributed by atoms with Crippen LogP contribution in [0.4, 0.5) is 5.69 Å². The number of hydrogen-bond acceptors (Lipinski definition) is 5. The van der Waals surface area contributed by atoms with Gasteiger partial charge in [-0.15, -0.1) is 0 Å². The van der Waals surface area contributed by atoms with Gasteiger partial charge in [-0.25, -0.2) is 0 Å². The molecule has 4 N–H and O–H groups in total. The largest absolute Gasteiger partial charge is 0.447 e. The van der Waals surface area contributed by atoms with Gasteiger partial charge in [0, 0.05) is 23.8 Å². The summed E-state index contributed by atoms with van der Waals surface area (Å²) in [4.78, 5) is 13.1. The van der Waals surface area contributed by atoms with Crippen LogP contribution in [0.3, 0.4) is 0 Å². The Labute approximate surface area is 138 Å². The molecule has 23 heavy (non-hydrogen) atoms. The summed E-state index contributed by atoms with van der Waals surface area (Å²) < 4.78 is 5.75. The number of amides is 1. The second-order valence-electron chi connectivity index (χ2n) is 6.15. The average Bonchev–Trinajstić information content (AvgIpc) is 3.26. The lowest BCUT2D eigenvalue weighted by Gasteiger charge is -2.20. The summed E-state index contributed by atoms with van der Waals surface area (Å²) in [5, 5.41) is 7.38. The van der Waals surface area contributed by atoms with Gasteiger partial charge in [-0.05, 0) is 55.7 Å². The third-order valence-corrected chi connectivity index (χ3v) is 5.48. The number of nitrogen functional groups attached to an aromatic ring is 1. The molecule has 2 aromatic rings. The molecule has 6 heteroatoms. The van der Waals surface area contributed by atoms with Crippen molar-refractivity contribution in [3.8, 4) is 10.8 Å². The lowest BCUT2D eigenvalue weighted by molar-refractivity contribution is 0.0935. The lowest BCUT2D eigenvalue weighted by Crippen LogP contribution is -2.42. The van der Waals surface area contributed by atoms with Crippen LogP contribution >= 0.6 is 11.3 Å². The predicted octanol–water partition coefficient (Wildman–Crippen LogP) is 2.75. The maximum absolute atomic E-state index is 12.4. The number of carbonyl (C=O) groups excluding carboxylic acids is 1. The number of benzene rings is 1. The Bertz CT molecular complexity index is 713. The maximum atomic E-state index is 12.4. The highest BCUT2D eigenvalue weighted by Gasteiger charge is 2.39. The smallest absolute Gasteiger partial charge is 0.261 e. The van der Waals surface area contributed by atoms with Crippen molar-refractivity contribution in [3.63, 3.8) is 0 Å². The number of carbonyl (C=O) groups is 1. The van der Waals surface area contributed by atoms with E-state index >= 15 is 0 Å². The minimum absolute atomic E-state index is 0.0125. The fourth-order valence-corrected chi connectivity index (χ4v) is 4.15. The molecule has 2 bridgehead atoms. The van der Waals surface area contributed by atoms with Crippen LogP contribution in [-0.4, -0.2) is 24.0 Å². The van der Waals surface area contributed by atoms with Gasteiger partial charge in [-0.3, -0.25) is 4.79 Å². The molecule has 1 amide bonds. The average molecular weight is 329 g/mol. The molecule has 120 valence electrons. The van der Waals surface area contributed by atoms with E-state index in [2.05, 4.69) is 10.6 Å². The Morgan fingerprint density at radius 1 is 1.22 bits per heavy atom. The number of fused-ring (bicyclic) bond motifs is 2. The van der Waals surface area contributed by atoms with E-state index in [1.165, 1.54) is 17.8 Å². The third kappa shape index (κ3) is 3.04. The van der Waals surface area contributed by atoms with E-state index in [9.17, 15) is 4.79 Å². The predicted molar refractivity (Wildman–Crippen MR) is 91.1 cm³/mol. The molecule has 4 rings (SSSR count). The van der Waals surface area contributed by atoms with Gasteiger partial charge in [0.05, 0.1) is 4.88 Å². The van der Waals surface area contributed by atoms with Gasteiger partial charge in [0.25, 0.3) is 5.91 Å². The van der Waals surface area contributed by atoms with Crippen molar-refractivity contribution in [2.45, 2.75) is 37.4 Å². The van der Waals surface area contributed by atoms with E-state index in [0.29, 0.717) is 33.5 Å². The summed E-state index contributed by atoms with van der Waals surface area (Å²) in [6, 6.07) is 12.1.